The maximum absolute atomic E-state index is 14.9. The number of halogens is 1. The van der Waals surface area contributed by atoms with E-state index in [4.69, 9.17) is 4.74 Å². The first kappa shape index (κ1) is 23.8. The van der Waals surface area contributed by atoms with E-state index in [2.05, 4.69) is 39.0 Å². The topological polar surface area (TPSA) is 101 Å². The number of ether oxygens (including phenoxy) is 1. The molecule has 1 saturated heterocycles. The van der Waals surface area contributed by atoms with Crippen molar-refractivity contribution < 1.29 is 14.2 Å². The first-order chi connectivity index (χ1) is 16.8. The summed E-state index contributed by atoms with van der Waals surface area (Å²) in [6, 6.07) is 5.68. The molecule has 5 rings (SSSR count). The van der Waals surface area contributed by atoms with Crippen molar-refractivity contribution in [2.75, 3.05) is 18.5 Å². The first-order valence-electron chi connectivity index (χ1n) is 12.3. The molecule has 2 atom stereocenters. The molecule has 1 aromatic carbocycles. The van der Waals surface area contributed by atoms with Crippen LogP contribution in [0.5, 0.6) is 0 Å². The van der Waals surface area contributed by atoms with Crippen molar-refractivity contribution in [2.24, 2.45) is 0 Å². The summed E-state index contributed by atoms with van der Waals surface area (Å²) in [5.41, 5.74) is 3.16. The third kappa shape index (κ3) is 4.80. The normalized spacial score (nSPS) is 20.5. The first-order valence-corrected chi connectivity index (χ1v) is 12.3. The largest absolute Gasteiger partial charge is 0.389 e. The number of hydrogen-bond acceptors (Lipinski definition) is 7. The molecular weight excluding hydrogens is 449 g/mol. The molecule has 3 aromatic rings. The van der Waals surface area contributed by atoms with E-state index in [1.54, 1.807) is 12.1 Å². The predicted octanol–water partition coefficient (Wildman–Crippen LogP) is 3.30. The van der Waals surface area contributed by atoms with E-state index in [0.717, 1.165) is 35.8 Å². The van der Waals surface area contributed by atoms with Gasteiger partial charge in [-0.25, -0.2) is 14.4 Å². The summed E-state index contributed by atoms with van der Waals surface area (Å²) in [4.78, 5) is 21.7. The Morgan fingerprint density at radius 1 is 1.29 bits per heavy atom. The van der Waals surface area contributed by atoms with Crippen LogP contribution < -0.4 is 16.1 Å². The number of fused-ring (bicyclic) bond motifs is 1. The van der Waals surface area contributed by atoms with Crippen LogP contribution in [-0.2, 0) is 11.3 Å². The highest BCUT2D eigenvalue weighted by atomic mass is 19.1. The molecule has 0 unspecified atom stereocenters. The smallest absolute Gasteiger partial charge is 0.223 e. The van der Waals surface area contributed by atoms with Crippen molar-refractivity contribution in [3.63, 3.8) is 0 Å². The lowest BCUT2D eigenvalue weighted by molar-refractivity contribution is -0.0136. The Hall–Kier alpha value is -2.88. The van der Waals surface area contributed by atoms with E-state index in [9.17, 15) is 14.3 Å². The molecule has 186 valence electrons. The standard InChI is InChI=1S/C26H32FN5O3/c1-14(2)32-21-10-16(4-7-18(21)25(34)15(3)22(32)12-28-17-5-6-17)24-19(27)11-29-26(31-24)30-20-8-9-35-13-23(20)33/h4,7,10-11,14,17,20,23,28,33H,5-6,8-9,12-13H2,1-3H3,(H,29,30,31)/t20-,23-/m1/s1. The van der Waals surface area contributed by atoms with Gasteiger partial charge in [0.25, 0.3) is 0 Å². The van der Waals surface area contributed by atoms with Gasteiger partial charge in [0.15, 0.2) is 11.2 Å². The Kier molecular flexibility index (Phi) is 6.57. The lowest BCUT2D eigenvalue weighted by Crippen LogP contribution is -2.42. The van der Waals surface area contributed by atoms with Crippen LogP contribution in [-0.4, -0.2) is 51.0 Å². The second-order valence-electron chi connectivity index (χ2n) is 9.82. The highest BCUT2D eigenvalue weighted by Gasteiger charge is 2.25. The van der Waals surface area contributed by atoms with Crippen molar-refractivity contribution in [1.29, 1.82) is 0 Å². The second kappa shape index (κ2) is 9.64. The zero-order chi connectivity index (χ0) is 24.7. The van der Waals surface area contributed by atoms with Gasteiger partial charge >= 0.3 is 0 Å². The summed E-state index contributed by atoms with van der Waals surface area (Å²) in [5, 5.41) is 17.4. The van der Waals surface area contributed by atoms with E-state index < -0.39 is 11.9 Å². The molecular formula is C26H32FN5O3. The SMILES string of the molecule is Cc1c(CNC2CC2)n(C(C)C)c2cc(-c3nc(N[C@@H]4CCOC[C@H]4O)ncc3F)ccc2c1=O. The van der Waals surface area contributed by atoms with Crippen LogP contribution in [0.25, 0.3) is 22.2 Å². The highest BCUT2D eigenvalue weighted by molar-refractivity contribution is 5.85. The Morgan fingerprint density at radius 3 is 2.80 bits per heavy atom. The summed E-state index contributed by atoms with van der Waals surface area (Å²) >= 11 is 0. The molecule has 2 fully saturated rings. The third-order valence-electron chi connectivity index (χ3n) is 6.88. The van der Waals surface area contributed by atoms with Gasteiger partial charge in [-0.2, -0.15) is 0 Å². The maximum Gasteiger partial charge on any atom is 0.223 e. The van der Waals surface area contributed by atoms with E-state index >= 15 is 0 Å². The Balaban J connectivity index is 1.57. The molecule has 2 aliphatic rings. The van der Waals surface area contributed by atoms with Crippen LogP contribution in [0.15, 0.2) is 29.2 Å². The summed E-state index contributed by atoms with van der Waals surface area (Å²) in [6.45, 7) is 7.43. The van der Waals surface area contributed by atoms with Gasteiger partial charge in [0, 0.05) is 47.4 Å². The third-order valence-corrected chi connectivity index (χ3v) is 6.88. The van der Waals surface area contributed by atoms with Gasteiger partial charge in [-0.1, -0.05) is 6.07 Å². The number of pyridine rings is 1. The lowest BCUT2D eigenvalue weighted by atomic mass is 10.0. The fraction of sp³-hybridized carbons (Fsp3) is 0.500. The van der Waals surface area contributed by atoms with Crippen molar-refractivity contribution in [3.05, 3.63) is 51.7 Å². The molecule has 35 heavy (non-hydrogen) atoms. The van der Waals surface area contributed by atoms with Gasteiger partial charge in [-0.3, -0.25) is 4.79 Å². The number of anilines is 1. The highest BCUT2D eigenvalue weighted by Crippen LogP contribution is 2.29. The van der Waals surface area contributed by atoms with E-state index in [1.165, 1.54) is 0 Å². The Labute approximate surface area is 203 Å². The summed E-state index contributed by atoms with van der Waals surface area (Å²) in [7, 11) is 0. The number of nitrogens with one attached hydrogen (secondary N) is 2. The summed E-state index contributed by atoms with van der Waals surface area (Å²) < 4.78 is 22.3. The number of aliphatic hydroxyl groups is 1. The molecule has 0 bridgehead atoms. The van der Waals surface area contributed by atoms with E-state index in [0.29, 0.717) is 36.6 Å². The van der Waals surface area contributed by atoms with Gasteiger partial charge in [-0.15, -0.1) is 0 Å². The molecule has 2 aromatic heterocycles. The van der Waals surface area contributed by atoms with Gasteiger partial charge in [-0.05, 0) is 52.2 Å². The lowest BCUT2D eigenvalue weighted by Gasteiger charge is -2.28. The second-order valence-corrected chi connectivity index (χ2v) is 9.82. The van der Waals surface area contributed by atoms with Crippen LogP contribution >= 0.6 is 0 Å². The summed E-state index contributed by atoms with van der Waals surface area (Å²) in [6.07, 6.45) is 3.38. The molecule has 0 spiro atoms. The van der Waals surface area contributed by atoms with Gasteiger partial charge in [0.05, 0.1) is 30.5 Å². The zero-order valence-corrected chi connectivity index (χ0v) is 20.3. The number of benzene rings is 1. The minimum absolute atomic E-state index is 0.00457. The average Bonchev–Trinajstić information content (AvgIpc) is 3.67. The molecule has 8 nitrogen and oxygen atoms in total. The van der Waals surface area contributed by atoms with Crippen LogP contribution in [0.3, 0.4) is 0 Å². The summed E-state index contributed by atoms with van der Waals surface area (Å²) in [5.74, 6) is -0.310. The molecule has 1 aliphatic heterocycles. The minimum Gasteiger partial charge on any atom is -0.389 e. The zero-order valence-electron chi connectivity index (χ0n) is 20.3. The monoisotopic (exact) mass is 481 g/mol. The number of hydrogen-bond donors (Lipinski definition) is 3. The fourth-order valence-corrected chi connectivity index (χ4v) is 4.76. The predicted molar refractivity (Wildman–Crippen MR) is 133 cm³/mol. The fourth-order valence-electron chi connectivity index (χ4n) is 4.76. The van der Waals surface area contributed by atoms with Crippen LogP contribution in [0.1, 0.15) is 50.4 Å². The number of aliphatic hydroxyl groups excluding tert-OH is 1. The Bertz CT molecular complexity index is 1300. The van der Waals surface area contributed by atoms with Gasteiger partial charge in [0.2, 0.25) is 5.95 Å². The van der Waals surface area contributed by atoms with Crippen molar-refractivity contribution in [2.45, 2.75) is 70.8 Å². The van der Waals surface area contributed by atoms with Crippen molar-refractivity contribution in [1.82, 2.24) is 19.9 Å². The average molecular weight is 482 g/mol. The number of rotatable bonds is 7. The number of aromatic nitrogens is 3. The van der Waals surface area contributed by atoms with Crippen LogP contribution in [0, 0.1) is 12.7 Å². The molecule has 9 heteroatoms. The molecule has 3 N–H and O–H groups in total. The van der Waals surface area contributed by atoms with Gasteiger partial charge < -0.3 is 25.0 Å². The molecule has 1 aliphatic carbocycles. The van der Waals surface area contributed by atoms with Gasteiger partial charge in [0.1, 0.15) is 5.69 Å². The number of nitrogens with zero attached hydrogens (tertiary/aromatic N) is 3. The van der Waals surface area contributed by atoms with E-state index in [-0.39, 0.29) is 35.8 Å². The van der Waals surface area contributed by atoms with Crippen molar-refractivity contribution >= 4 is 16.9 Å². The van der Waals surface area contributed by atoms with E-state index in [1.807, 2.05) is 13.0 Å². The van der Waals surface area contributed by atoms with Crippen LogP contribution in [0.4, 0.5) is 10.3 Å². The Morgan fingerprint density at radius 2 is 2.09 bits per heavy atom. The molecule has 1 saturated carbocycles. The maximum atomic E-state index is 14.9. The molecule has 0 radical (unpaired) electrons. The molecule has 0 amide bonds. The van der Waals surface area contributed by atoms with Crippen molar-refractivity contribution in [3.8, 4) is 11.3 Å². The molecule has 3 heterocycles. The minimum atomic E-state index is -0.687. The quantitative estimate of drug-likeness (QED) is 0.476. The van der Waals surface area contributed by atoms with Crippen LogP contribution in [0.2, 0.25) is 0 Å².